The Morgan fingerprint density at radius 2 is 0.480 bits per heavy atom. The van der Waals surface area contributed by atoms with Crippen LogP contribution in [0.4, 0.5) is 0 Å². The summed E-state index contributed by atoms with van der Waals surface area (Å²) in [7, 11) is 1.43. The van der Waals surface area contributed by atoms with E-state index in [-0.39, 0.29) is 26.4 Å². The maximum atomic E-state index is 14.2. The van der Waals surface area contributed by atoms with Crippen LogP contribution in [0.5, 0.6) is 0 Å². The second kappa shape index (κ2) is 63.5. The number of carboxylic acid groups (broad SMARTS) is 5. The molecule has 0 aromatic carbocycles. The molecule has 0 aliphatic rings. The van der Waals surface area contributed by atoms with Crippen molar-refractivity contribution in [3.63, 3.8) is 0 Å². The summed E-state index contributed by atoms with van der Waals surface area (Å²) in [5.74, 6) is -30.2. The first-order valence-corrected chi connectivity index (χ1v) is 38.9. The van der Waals surface area contributed by atoms with Crippen LogP contribution in [-0.4, -0.2) is 287 Å². The first-order chi connectivity index (χ1) is 57.7. The number of nitrogens with two attached hydrogens (primary N) is 6. The molecule has 0 saturated carbocycles. The van der Waals surface area contributed by atoms with Gasteiger partial charge in [0.1, 0.15) is 85.8 Å². The number of amides is 12. The molecule has 0 aromatic rings. The molecule has 0 spiro atoms. The molecule has 694 valence electrons. The summed E-state index contributed by atoms with van der Waals surface area (Å²) in [6.07, 6.45) is -2.70. The zero-order valence-electron chi connectivity index (χ0n) is 69.0. The van der Waals surface area contributed by atoms with Crippen LogP contribution in [0.15, 0.2) is 0 Å². The topological polar surface area (TPSA) is 831 Å². The number of carbonyl (C=O) groups excluding carboxylic acids is 19. The second-order valence-corrected chi connectivity index (χ2v) is 27.7. The maximum Gasteiger partial charge on any atom is 0.308 e. The van der Waals surface area contributed by atoms with Crippen LogP contribution in [-0.2, 0) is 143 Å². The maximum absolute atomic E-state index is 14.2. The highest BCUT2D eigenvalue weighted by molar-refractivity contribution is 6.02. The average molecular weight is 1760 g/mol. The van der Waals surface area contributed by atoms with E-state index in [9.17, 15) is 135 Å². The van der Waals surface area contributed by atoms with Crippen LogP contribution in [0.25, 0.3) is 0 Å². The average Bonchev–Trinajstić information content (AvgIpc) is 0.855. The minimum absolute atomic E-state index is 0.0204. The lowest BCUT2D eigenvalue weighted by Gasteiger charge is -2.26. The van der Waals surface area contributed by atoms with Gasteiger partial charge in [-0.05, 0) is 39.5 Å². The zero-order valence-corrected chi connectivity index (χ0v) is 69.0. The summed E-state index contributed by atoms with van der Waals surface area (Å²) in [5, 5.41) is 64.3. The normalized spacial score (nSPS) is 13.6. The number of carboxylic acids is 5. The number of aliphatic carboxylic acids is 5. The molecule has 0 aromatic heterocycles. The highest BCUT2D eigenvalue weighted by Gasteiger charge is 2.39. The minimum atomic E-state index is -2.16. The predicted molar refractivity (Wildman–Crippen MR) is 416 cm³/mol. The van der Waals surface area contributed by atoms with Gasteiger partial charge >= 0.3 is 59.7 Å². The van der Waals surface area contributed by atoms with E-state index in [1.807, 2.05) is 24.5 Å². The van der Waals surface area contributed by atoms with Gasteiger partial charge in [0.2, 0.25) is 70.9 Å². The molecule has 0 bridgehead atoms. The number of unbranched alkanes of at least 4 members (excludes halogenated alkanes) is 10. The van der Waals surface area contributed by atoms with Crippen molar-refractivity contribution < 1.29 is 169 Å². The Bertz CT molecular complexity index is 3430. The summed E-state index contributed by atoms with van der Waals surface area (Å²) < 4.78 is 30.2. The van der Waals surface area contributed by atoms with Gasteiger partial charge in [0.05, 0.1) is 89.3 Å². The number of methoxy groups -OCH3 is 1. The Balaban J connectivity index is 0. The van der Waals surface area contributed by atoms with E-state index in [4.69, 9.17) is 63.2 Å². The highest BCUT2D eigenvalue weighted by Crippen LogP contribution is 2.13. The Morgan fingerprint density at radius 3 is 0.732 bits per heavy atom. The van der Waals surface area contributed by atoms with Crippen LogP contribution in [0.2, 0.25) is 0 Å². The van der Waals surface area contributed by atoms with Crippen molar-refractivity contribution in [2.75, 3.05) is 46.8 Å². The van der Waals surface area contributed by atoms with Gasteiger partial charge in [0.15, 0.2) is 0 Å². The van der Waals surface area contributed by atoms with Crippen LogP contribution >= 0.6 is 0 Å². The third kappa shape index (κ3) is 55.1. The van der Waals surface area contributed by atoms with E-state index in [1.54, 1.807) is 0 Å². The van der Waals surface area contributed by atoms with Crippen molar-refractivity contribution in [2.45, 2.75) is 267 Å². The fourth-order valence-electron chi connectivity index (χ4n) is 10.2. The van der Waals surface area contributed by atoms with E-state index in [0.29, 0.717) is 25.7 Å². The molecule has 0 rings (SSSR count). The fraction of sp³-hybridized carbons (Fsp3) is 0.671. The van der Waals surface area contributed by atoms with Crippen LogP contribution in [0.3, 0.4) is 0 Å². The SMILES string of the molecule is CCCCCCCCOC(=O)CC(NC(=O)C(CC(=O)OCCOC(=O)CC(NC(=O)C(N)CCC(=O)O)C(=O)NC(CC(=O)OCCCCCCCC)C(=O)NC(CC(C)=O)C(=O)NC(CC(=O)O)C(N)=O)NC(=O)C(N)CCC(=O)O)C(=O)NC(CC(C)=O)C(=O)NC(CC(=O)O)C(N)=O.COCCOC(=O)CC(N)C(=O)NC(CC(=O)O)C(N)=O. The van der Waals surface area contributed by atoms with Crippen molar-refractivity contribution >= 4 is 142 Å². The zero-order chi connectivity index (χ0) is 94.0. The summed E-state index contributed by atoms with van der Waals surface area (Å²) in [6, 6.07) is -22.2. The molecule has 0 aliphatic heterocycles. The van der Waals surface area contributed by atoms with E-state index < -0.39 is 318 Å². The summed E-state index contributed by atoms with van der Waals surface area (Å²) in [4.78, 5) is 302. The molecule has 50 nitrogen and oxygen atoms in total. The van der Waals surface area contributed by atoms with Gasteiger partial charge in [-0.2, -0.15) is 0 Å². The largest absolute Gasteiger partial charge is 0.481 e. The molecule has 50 heteroatoms. The van der Waals surface area contributed by atoms with Gasteiger partial charge in [-0.25, -0.2) is 0 Å². The quantitative estimate of drug-likeness (QED) is 0.0153. The molecule has 12 unspecified atom stereocenters. The van der Waals surface area contributed by atoms with Gasteiger partial charge in [-0.1, -0.05) is 78.1 Å². The van der Waals surface area contributed by atoms with Gasteiger partial charge in [-0.15, -0.1) is 0 Å². The number of carbonyl (C=O) groups is 24. The van der Waals surface area contributed by atoms with Crippen molar-refractivity contribution in [1.82, 2.24) is 47.9 Å². The van der Waals surface area contributed by atoms with Crippen molar-refractivity contribution in [1.29, 1.82) is 0 Å². The van der Waals surface area contributed by atoms with E-state index in [2.05, 4.69) is 42.0 Å². The number of esters is 5. The fourth-order valence-corrected chi connectivity index (χ4v) is 10.2. The number of Topliss-reactive ketones (excluding diaryl/α,β-unsaturated/α-hetero) is 2. The van der Waals surface area contributed by atoms with Gasteiger partial charge in [0, 0.05) is 32.8 Å². The number of ketones is 2. The van der Waals surface area contributed by atoms with Gasteiger partial charge < -0.3 is 136 Å². The summed E-state index contributed by atoms with van der Waals surface area (Å²) in [6.45, 7) is 3.97. The first-order valence-electron chi connectivity index (χ1n) is 38.9. The number of hydrogen-bond acceptors (Lipinski definition) is 33. The number of ether oxygens (including phenoxy) is 6. The molecule has 26 N–H and O–H groups in total. The number of primary amides is 3. The third-order valence-electron chi connectivity index (χ3n) is 16.8. The Kier molecular flexibility index (Phi) is 58.1. The van der Waals surface area contributed by atoms with E-state index in [0.717, 1.165) is 65.2 Å². The highest BCUT2D eigenvalue weighted by atomic mass is 16.6. The molecule has 0 radical (unpaired) electrons. The van der Waals surface area contributed by atoms with Gasteiger partial charge in [0.25, 0.3) is 0 Å². The van der Waals surface area contributed by atoms with Crippen LogP contribution in [0.1, 0.15) is 195 Å². The van der Waals surface area contributed by atoms with Crippen LogP contribution < -0.4 is 82.3 Å². The van der Waals surface area contributed by atoms with Crippen molar-refractivity contribution in [3.05, 3.63) is 0 Å². The minimum Gasteiger partial charge on any atom is -0.481 e. The number of rotatable bonds is 67. The second-order valence-electron chi connectivity index (χ2n) is 27.7. The Morgan fingerprint density at radius 1 is 0.260 bits per heavy atom. The molecule has 0 heterocycles. The van der Waals surface area contributed by atoms with E-state index >= 15 is 0 Å². The lowest BCUT2D eigenvalue weighted by Crippen LogP contribution is -2.59. The third-order valence-corrected chi connectivity index (χ3v) is 16.8. The molecular formula is C73H117N15O35. The van der Waals surface area contributed by atoms with E-state index in [1.165, 1.54) is 7.11 Å². The molecule has 12 atom stereocenters. The molecule has 123 heavy (non-hydrogen) atoms. The lowest BCUT2D eigenvalue weighted by atomic mass is 10.1. The van der Waals surface area contributed by atoms with Crippen molar-refractivity contribution in [3.8, 4) is 0 Å². The Labute approximate surface area is 705 Å². The van der Waals surface area contributed by atoms with Crippen molar-refractivity contribution in [2.24, 2.45) is 34.4 Å². The van der Waals surface area contributed by atoms with Gasteiger partial charge in [-0.3, -0.25) is 115 Å². The first kappa shape index (κ1) is 113. The molecule has 12 amide bonds. The number of hydrogen-bond donors (Lipinski definition) is 20. The molecule has 0 fully saturated rings. The lowest BCUT2D eigenvalue weighted by molar-refractivity contribution is -0.154. The smallest absolute Gasteiger partial charge is 0.308 e. The molecule has 0 saturated heterocycles. The number of nitrogens with one attached hydrogen (secondary N) is 9. The molecular weight excluding hydrogens is 1650 g/mol. The predicted octanol–water partition coefficient (Wildman–Crippen LogP) is -7.08. The summed E-state index contributed by atoms with van der Waals surface area (Å²) in [5.41, 5.74) is 32.7. The molecule has 0 aliphatic carbocycles. The summed E-state index contributed by atoms with van der Waals surface area (Å²) >= 11 is 0. The van der Waals surface area contributed by atoms with Crippen LogP contribution in [0, 0.1) is 0 Å². The standard InChI is InChI=1S/C62H98N12O28.C11H19N3O7/c1-5-7-9-11-13-15-21-99-49(85)31-43(61(97)71-39(25-33(3)75)57(93)67-37(53(65)89)27-47(81)82)73-59(95)41(69-55(91)35(63)17-19-45(77)78)29-51(87)101-23-24-102-52(88)30-42(70-56(92)36(64)18-20-46(79)80)60(96)74-44(32-50(86)100-22-16-14-12-10-8-6-2)62(98)72-40(26-34(4)76)58(94)68-38(54(66)90)28-48(83)84;1-20-2-3-21-9(17)4-6(12)11(19)14-7(10(13)18)5-8(15)16/h35-44H,5-32,63-64H2,1-4H3,(H2,65,89)(H2,66,90)(H,67,93)(H,68,94)(H,69,91)(H,70,92)(H,71,97)(H,72,98)(H,73,95)(H,74,96)(H,77,78)(H,79,80)(H,81,82)(H,83,84);6-7H,2-5,12H2,1H3,(H2,13,18)(H,14,19)(H,15,16). The monoisotopic (exact) mass is 1760 g/mol. The Hall–Kier alpha value is -12.5.